The molecule has 0 spiro atoms. The molecule has 0 radical (unpaired) electrons. The molecule has 1 rings (SSSR count). The molecule has 0 saturated carbocycles. The zero-order valence-electron chi connectivity index (χ0n) is 9.36. The molecular weight excluding hydrogens is 204 g/mol. The number of benzene rings is 1. The number of hydrogen-bond donors (Lipinski definition) is 1. The molecule has 0 saturated heterocycles. The van der Waals surface area contributed by atoms with Crippen molar-refractivity contribution in [3.8, 4) is 6.07 Å². The summed E-state index contributed by atoms with van der Waals surface area (Å²) in [5.41, 5.74) is 1.42. The number of rotatable bonds is 4. The molecule has 1 atom stereocenters. The predicted molar refractivity (Wildman–Crippen MR) is 60.8 cm³/mol. The van der Waals surface area contributed by atoms with Crippen LogP contribution in [0.4, 0.5) is 5.69 Å². The van der Waals surface area contributed by atoms with Crippen LogP contribution in [0, 0.1) is 17.2 Å². The number of ether oxygens (including phenoxy) is 1. The molecule has 84 valence electrons. The number of esters is 1. The molecule has 1 N–H and O–H groups in total. The second kappa shape index (κ2) is 5.76. The first-order valence-electron chi connectivity index (χ1n) is 4.99. The average Bonchev–Trinajstić information content (AvgIpc) is 2.35. The first kappa shape index (κ1) is 12.1. The Morgan fingerprint density at radius 3 is 3.00 bits per heavy atom. The molecule has 0 aliphatic carbocycles. The normalized spacial score (nSPS) is 11.3. The Morgan fingerprint density at radius 2 is 2.38 bits per heavy atom. The maximum atomic E-state index is 11.1. The van der Waals surface area contributed by atoms with Crippen molar-refractivity contribution >= 4 is 11.7 Å². The molecule has 0 bridgehead atoms. The molecule has 16 heavy (non-hydrogen) atoms. The van der Waals surface area contributed by atoms with Gasteiger partial charge in [0.1, 0.15) is 0 Å². The third kappa shape index (κ3) is 3.28. The monoisotopic (exact) mass is 218 g/mol. The Morgan fingerprint density at radius 1 is 1.62 bits per heavy atom. The van der Waals surface area contributed by atoms with Crippen molar-refractivity contribution in [2.75, 3.05) is 19.0 Å². The van der Waals surface area contributed by atoms with Crippen LogP contribution in [0.25, 0.3) is 0 Å². The van der Waals surface area contributed by atoms with Gasteiger partial charge in [0.25, 0.3) is 0 Å². The maximum Gasteiger partial charge on any atom is 0.310 e. The van der Waals surface area contributed by atoms with E-state index in [2.05, 4.69) is 16.1 Å². The Balaban J connectivity index is 2.55. The van der Waals surface area contributed by atoms with E-state index in [1.807, 2.05) is 6.07 Å². The molecule has 0 aliphatic heterocycles. The van der Waals surface area contributed by atoms with E-state index in [4.69, 9.17) is 5.26 Å². The van der Waals surface area contributed by atoms with E-state index in [0.717, 1.165) is 5.69 Å². The smallest absolute Gasteiger partial charge is 0.310 e. The van der Waals surface area contributed by atoms with Gasteiger partial charge in [-0.05, 0) is 18.2 Å². The van der Waals surface area contributed by atoms with Crippen molar-refractivity contribution in [2.45, 2.75) is 6.92 Å². The molecule has 4 heteroatoms. The minimum Gasteiger partial charge on any atom is -0.469 e. The van der Waals surface area contributed by atoms with Gasteiger partial charge in [0.15, 0.2) is 0 Å². The number of anilines is 1. The summed E-state index contributed by atoms with van der Waals surface area (Å²) in [6.45, 7) is 2.27. The number of hydrogen-bond acceptors (Lipinski definition) is 4. The number of nitrogens with one attached hydrogen (secondary N) is 1. The van der Waals surface area contributed by atoms with Crippen LogP contribution in [0.15, 0.2) is 24.3 Å². The lowest BCUT2D eigenvalue weighted by Crippen LogP contribution is -2.21. The standard InChI is InChI=1S/C12H14N2O2/c1-9(12(15)16-2)8-14-11-5-3-4-10(6-11)7-13/h3-6,9,14H,8H2,1-2H3. The van der Waals surface area contributed by atoms with Crippen LogP contribution in [0.1, 0.15) is 12.5 Å². The van der Waals surface area contributed by atoms with Crippen LogP contribution < -0.4 is 5.32 Å². The Labute approximate surface area is 94.8 Å². The van der Waals surface area contributed by atoms with Crippen LogP contribution in [0.3, 0.4) is 0 Å². The van der Waals surface area contributed by atoms with Gasteiger partial charge >= 0.3 is 5.97 Å². The summed E-state index contributed by atoms with van der Waals surface area (Å²) in [6, 6.07) is 9.18. The highest BCUT2D eigenvalue weighted by Crippen LogP contribution is 2.10. The lowest BCUT2D eigenvalue weighted by Gasteiger charge is -2.11. The molecule has 0 amide bonds. The molecule has 0 aliphatic rings. The minimum absolute atomic E-state index is 0.212. The van der Waals surface area contributed by atoms with Crippen molar-refractivity contribution in [3.63, 3.8) is 0 Å². The molecule has 4 nitrogen and oxygen atoms in total. The number of carbonyl (C=O) groups excluding carboxylic acids is 1. The fourth-order valence-corrected chi connectivity index (χ4v) is 1.25. The highest BCUT2D eigenvalue weighted by molar-refractivity contribution is 5.72. The van der Waals surface area contributed by atoms with E-state index >= 15 is 0 Å². The molecule has 1 unspecified atom stereocenters. The van der Waals surface area contributed by atoms with E-state index in [9.17, 15) is 4.79 Å². The van der Waals surface area contributed by atoms with E-state index in [0.29, 0.717) is 12.1 Å². The van der Waals surface area contributed by atoms with Crippen LogP contribution in [0.2, 0.25) is 0 Å². The van der Waals surface area contributed by atoms with Crippen LogP contribution >= 0.6 is 0 Å². The minimum atomic E-state index is -0.246. The Kier molecular flexibility index (Phi) is 4.34. The summed E-state index contributed by atoms with van der Waals surface area (Å²) >= 11 is 0. The van der Waals surface area contributed by atoms with Crippen LogP contribution in [0.5, 0.6) is 0 Å². The van der Waals surface area contributed by atoms with Gasteiger partial charge in [-0.15, -0.1) is 0 Å². The van der Waals surface area contributed by atoms with Crippen molar-refractivity contribution < 1.29 is 9.53 Å². The average molecular weight is 218 g/mol. The van der Waals surface area contributed by atoms with Gasteiger partial charge in [0.2, 0.25) is 0 Å². The van der Waals surface area contributed by atoms with Crippen molar-refractivity contribution in [1.29, 1.82) is 5.26 Å². The van der Waals surface area contributed by atoms with Crippen LogP contribution in [-0.2, 0) is 9.53 Å². The van der Waals surface area contributed by atoms with Gasteiger partial charge in [0.05, 0.1) is 24.7 Å². The molecule has 0 aromatic heterocycles. The quantitative estimate of drug-likeness (QED) is 0.782. The number of nitriles is 1. The lowest BCUT2D eigenvalue weighted by atomic mass is 10.1. The zero-order valence-corrected chi connectivity index (χ0v) is 9.36. The topological polar surface area (TPSA) is 62.1 Å². The predicted octanol–water partition coefficient (Wildman–Crippen LogP) is 1.78. The highest BCUT2D eigenvalue weighted by atomic mass is 16.5. The molecule has 0 heterocycles. The van der Waals surface area contributed by atoms with Gasteiger partial charge in [-0.3, -0.25) is 4.79 Å². The summed E-state index contributed by atoms with van der Waals surface area (Å²) < 4.78 is 4.61. The SMILES string of the molecule is COC(=O)C(C)CNc1cccc(C#N)c1. The van der Waals surface area contributed by atoms with E-state index in [1.165, 1.54) is 7.11 Å². The van der Waals surface area contributed by atoms with Crippen LogP contribution in [-0.4, -0.2) is 19.6 Å². The molecule has 0 fully saturated rings. The van der Waals surface area contributed by atoms with Crippen molar-refractivity contribution in [3.05, 3.63) is 29.8 Å². The molecular formula is C12H14N2O2. The van der Waals surface area contributed by atoms with E-state index < -0.39 is 0 Å². The second-order valence-corrected chi connectivity index (χ2v) is 3.50. The summed E-state index contributed by atoms with van der Waals surface area (Å²) in [5, 5.41) is 11.8. The van der Waals surface area contributed by atoms with Gasteiger partial charge in [-0.25, -0.2) is 0 Å². The lowest BCUT2D eigenvalue weighted by molar-refractivity contribution is -0.144. The summed E-state index contributed by atoms with van der Waals surface area (Å²) in [5.74, 6) is -0.459. The Bertz CT molecular complexity index is 410. The van der Waals surface area contributed by atoms with E-state index in [1.54, 1.807) is 25.1 Å². The van der Waals surface area contributed by atoms with Crippen molar-refractivity contribution in [2.24, 2.45) is 5.92 Å². The summed E-state index contributed by atoms with van der Waals surface area (Å²) in [4.78, 5) is 11.1. The fourth-order valence-electron chi connectivity index (χ4n) is 1.25. The highest BCUT2D eigenvalue weighted by Gasteiger charge is 2.12. The summed E-state index contributed by atoms with van der Waals surface area (Å²) in [6.07, 6.45) is 0. The molecule has 1 aromatic rings. The third-order valence-electron chi connectivity index (χ3n) is 2.21. The van der Waals surface area contributed by atoms with Gasteiger partial charge in [0, 0.05) is 12.2 Å². The van der Waals surface area contributed by atoms with Gasteiger partial charge < -0.3 is 10.1 Å². The zero-order chi connectivity index (χ0) is 12.0. The second-order valence-electron chi connectivity index (χ2n) is 3.50. The first-order valence-corrected chi connectivity index (χ1v) is 4.99. The maximum absolute atomic E-state index is 11.1. The first-order chi connectivity index (χ1) is 7.67. The largest absolute Gasteiger partial charge is 0.469 e. The Hall–Kier alpha value is -2.02. The van der Waals surface area contributed by atoms with E-state index in [-0.39, 0.29) is 11.9 Å². The summed E-state index contributed by atoms with van der Waals surface area (Å²) in [7, 11) is 1.37. The van der Waals surface area contributed by atoms with Gasteiger partial charge in [-0.2, -0.15) is 5.26 Å². The number of methoxy groups -OCH3 is 1. The third-order valence-corrected chi connectivity index (χ3v) is 2.21. The fraction of sp³-hybridized carbons (Fsp3) is 0.333. The van der Waals surface area contributed by atoms with Crippen molar-refractivity contribution in [1.82, 2.24) is 0 Å². The molecule has 1 aromatic carbocycles. The number of nitrogens with zero attached hydrogens (tertiary/aromatic N) is 1. The van der Waals surface area contributed by atoms with Gasteiger partial charge in [-0.1, -0.05) is 13.0 Å². The number of carbonyl (C=O) groups is 1.